The number of nitrogens with one attached hydrogen (secondary N) is 2. The highest BCUT2D eigenvalue weighted by molar-refractivity contribution is 6.33. The molecule has 134 valence electrons. The van der Waals surface area contributed by atoms with E-state index in [1.807, 2.05) is 12.1 Å². The van der Waals surface area contributed by atoms with Gasteiger partial charge in [0.05, 0.1) is 16.3 Å². The molecule has 26 heavy (non-hydrogen) atoms. The second-order valence-electron chi connectivity index (χ2n) is 5.30. The Morgan fingerprint density at radius 2 is 1.92 bits per heavy atom. The Morgan fingerprint density at radius 1 is 1.08 bits per heavy atom. The van der Waals surface area contributed by atoms with E-state index < -0.39 is 11.7 Å². The van der Waals surface area contributed by atoms with E-state index in [-0.39, 0.29) is 16.7 Å². The molecule has 0 bridgehead atoms. The first-order valence-corrected chi connectivity index (χ1v) is 7.89. The minimum absolute atomic E-state index is 0.0749. The Hall–Kier alpha value is -2.87. The quantitative estimate of drug-likeness (QED) is 0.660. The Balaban J connectivity index is 1.75. The van der Waals surface area contributed by atoms with Gasteiger partial charge in [0.2, 0.25) is 5.95 Å². The van der Waals surface area contributed by atoms with Gasteiger partial charge in [0.1, 0.15) is 5.82 Å². The van der Waals surface area contributed by atoms with Gasteiger partial charge in [0.15, 0.2) is 0 Å². The van der Waals surface area contributed by atoms with Crippen LogP contribution in [0.4, 0.5) is 30.6 Å². The fourth-order valence-electron chi connectivity index (χ4n) is 2.13. The summed E-state index contributed by atoms with van der Waals surface area (Å²) in [5.74, 6) is 0.636. The summed E-state index contributed by atoms with van der Waals surface area (Å²) in [6.45, 7) is 0.495. The van der Waals surface area contributed by atoms with E-state index in [0.717, 1.165) is 17.7 Å². The van der Waals surface area contributed by atoms with Crippen molar-refractivity contribution in [1.29, 1.82) is 0 Å². The molecule has 9 heteroatoms. The van der Waals surface area contributed by atoms with Gasteiger partial charge in [-0.2, -0.15) is 18.2 Å². The number of rotatable bonds is 5. The lowest BCUT2D eigenvalue weighted by Crippen LogP contribution is -2.07. The van der Waals surface area contributed by atoms with Crippen molar-refractivity contribution in [3.05, 3.63) is 71.1 Å². The average molecular weight is 380 g/mol. The normalized spacial score (nSPS) is 11.2. The Labute approximate surface area is 152 Å². The second-order valence-corrected chi connectivity index (χ2v) is 5.70. The van der Waals surface area contributed by atoms with Gasteiger partial charge in [-0.1, -0.05) is 17.7 Å². The lowest BCUT2D eigenvalue weighted by Gasteiger charge is -2.12. The smallest absolute Gasteiger partial charge is 0.366 e. The van der Waals surface area contributed by atoms with Gasteiger partial charge in [-0.3, -0.25) is 4.98 Å². The van der Waals surface area contributed by atoms with Crippen LogP contribution in [0.25, 0.3) is 0 Å². The molecule has 5 nitrogen and oxygen atoms in total. The highest BCUT2D eigenvalue weighted by Gasteiger charge is 2.31. The zero-order chi connectivity index (χ0) is 18.6. The lowest BCUT2D eigenvalue weighted by atomic mass is 10.2. The number of pyridine rings is 1. The van der Waals surface area contributed by atoms with Gasteiger partial charge in [0, 0.05) is 25.1 Å². The van der Waals surface area contributed by atoms with Gasteiger partial charge in [-0.15, -0.1) is 0 Å². The second kappa shape index (κ2) is 7.57. The SMILES string of the molecule is FC(F)(F)c1ccc(Cl)c(Nc2nccc(NCc3cccnc3)n2)c1. The van der Waals surface area contributed by atoms with Crippen molar-refractivity contribution in [2.45, 2.75) is 12.7 Å². The van der Waals surface area contributed by atoms with Crippen molar-refractivity contribution >= 4 is 29.1 Å². The number of benzene rings is 1. The first-order chi connectivity index (χ1) is 12.4. The molecule has 0 amide bonds. The molecule has 0 aliphatic carbocycles. The van der Waals surface area contributed by atoms with Crippen LogP contribution in [0.1, 0.15) is 11.1 Å². The molecular formula is C17H13ClF3N5. The predicted octanol–water partition coefficient (Wildman–Crippen LogP) is 4.90. The number of anilines is 3. The van der Waals surface area contributed by atoms with E-state index in [0.29, 0.717) is 12.4 Å². The molecule has 0 aliphatic heterocycles. The summed E-state index contributed by atoms with van der Waals surface area (Å²) < 4.78 is 38.5. The summed E-state index contributed by atoms with van der Waals surface area (Å²) in [4.78, 5) is 12.2. The van der Waals surface area contributed by atoms with E-state index in [1.54, 1.807) is 18.5 Å². The van der Waals surface area contributed by atoms with Crippen LogP contribution >= 0.6 is 11.6 Å². The van der Waals surface area contributed by atoms with E-state index in [9.17, 15) is 13.2 Å². The van der Waals surface area contributed by atoms with Gasteiger partial charge < -0.3 is 10.6 Å². The average Bonchev–Trinajstić information content (AvgIpc) is 2.62. The van der Waals surface area contributed by atoms with Crippen molar-refractivity contribution in [1.82, 2.24) is 15.0 Å². The van der Waals surface area contributed by atoms with Crippen molar-refractivity contribution in [3.8, 4) is 0 Å². The number of hydrogen-bond acceptors (Lipinski definition) is 5. The molecule has 0 fully saturated rings. The third kappa shape index (κ3) is 4.60. The van der Waals surface area contributed by atoms with Crippen molar-refractivity contribution in [2.75, 3.05) is 10.6 Å². The molecule has 0 unspecified atom stereocenters. The van der Waals surface area contributed by atoms with Crippen LogP contribution in [-0.4, -0.2) is 15.0 Å². The fourth-order valence-corrected chi connectivity index (χ4v) is 2.30. The molecule has 2 N–H and O–H groups in total. The summed E-state index contributed by atoms with van der Waals surface area (Å²) in [5.41, 5.74) is 0.225. The molecule has 0 radical (unpaired) electrons. The van der Waals surface area contributed by atoms with Gasteiger partial charge >= 0.3 is 6.18 Å². The fraction of sp³-hybridized carbons (Fsp3) is 0.118. The molecule has 0 spiro atoms. The maximum atomic E-state index is 12.8. The Bertz CT molecular complexity index is 887. The number of aromatic nitrogens is 3. The third-order valence-electron chi connectivity index (χ3n) is 3.39. The summed E-state index contributed by atoms with van der Waals surface area (Å²) in [6.07, 6.45) is 0.419. The molecule has 3 aromatic rings. The van der Waals surface area contributed by atoms with Crippen LogP contribution in [0, 0.1) is 0 Å². The van der Waals surface area contributed by atoms with E-state index in [4.69, 9.17) is 11.6 Å². The first kappa shape index (κ1) is 17.9. The number of alkyl halides is 3. The van der Waals surface area contributed by atoms with E-state index in [2.05, 4.69) is 25.6 Å². The standard InChI is InChI=1S/C17H13ClF3N5/c18-13-4-3-12(17(19,20)21)8-14(13)25-16-23-7-5-15(26-16)24-10-11-2-1-6-22-9-11/h1-9H,10H2,(H2,23,24,25,26). The molecular weight excluding hydrogens is 367 g/mol. The van der Waals surface area contributed by atoms with Gasteiger partial charge in [-0.25, -0.2) is 4.98 Å². The number of hydrogen-bond donors (Lipinski definition) is 2. The summed E-state index contributed by atoms with van der Waals surface area (Å²) >= 11 is 5.97. The van der Waals surface area contributed by atoms with Crippen LogP contribution in [0.15, 0.2) is 55.0 Å². The maximum Gasteiger partial charge on any atom is 0.416 e. The predicted molar refractivity (Wildman–Crippen MR) is 93.3 cm³/mol. The molecule has 0 atom stereocenters. The highest BCUT2D eigenvalue weighted by atomic mass is 35.5. The van der Waals surface area contributed by atoms with Gasteiger partial charge in [0.25, 0.3) is 0 Å². The highest BCUT2D eigenvalue weighted by Crippen LogP contribution is 2.34. The van der Waals surface area contributed by atoms with Crippen LogP contribution in [0.2, 0.25) is 5.02 Å². The van der Waals surface area contributed by atoms with E-state index >= 15 is 0 Å². The summed E-state index contributed by atoms with van der Waals surface area (Å²) in [7, 11) is 0. The number of halogens is 4. The molecule has 0 aliphatic rings. The largest absolute Gasteiger partial charge is 0.416 e. The molecule has 0 saturated carbocycles. The number of nitrogens with zero attached hydrogens (tertiary/aromatic N) is 3. The lowest BCUT2D eigenvalue weighted by molar-refractivity contribution is -0.137. The van der Waals surface area contributed by atoms with Crippen LogP contribution < -0.4 is 10.6 Å². The van der Waals surface area contributed by atoms with E-state index in [1.165, 1.54) is 12.3 Å². The van der Waals surface area contributed by atoms with Crippen molar-refractivity contribution in [2.24, 2.45) is 0 Å². The van der Waals surface area contributed by atoms with Crippen LogP contribution in [0.3, 0.4) is 0 Å². The minimum atomic E-state index is -4.46. The maximum absolute atomic E-state index is 12.8. The topological polar surface area (TPSA) is 62.7 Å². The Kier molecular flexibility index (Phi) is 5.22. The zero-order valence-electron chi connectivity index (χ0n) is 13.3. The molecule has 0 saturated heterocycles. The summed E-state index contributed by atoms with van der Waals surface area (Å²) in [5, 5.41) is 5.94. The molecule has 2 aromatic heterocycles. The third-order valence-corrected chi connectivity index (χ3v) is 3.72. The molecule has 2 heterocycles. The molecule has 1 aromatic carbocycles. The first-order valence-electron chi connectivity index (χ1n) is 7.51. The van der Waals surface area contributed by atoms with Crippen LogP contribution in [-0.2, 0) is 12.7 Å². The Morgan fingerprint density at radius 3 is 2.65 bits per heavy atom. The van der Waals surface area contributed by atoms with Crippen LogP contribution in [0.5, 0.6) is 0 Å². The minimum Gasteiger partial charge on any atom is -0.366 e. The summed E-state index contributed by atoms with van der Waals surface area (Å²) in [6, 6.07) is 8.39. The van der Waals surface area contributed by atoms with Crippen molar-refractivity contribution in [3.63, 3.8) is 0 Å². The van der Waals surface area contributed by atoms with Crippen molar-refractivity contribution < 1.29 is 13.2 Å². The van der Waals surface area contributed by atoms with Gasteiger partial charge in [-0.05, 0) is 35.9 Å². The molecule has 3 rings (SSSR count). The zero-order valence-corrected chi connectivity index (χ0v) is 14.0. The monoisotopic (exact) mass is 379 g/mol.